The Morgan fingerprint density at radius 1 is 1.25 bits per heavy atom. The van der Waals surface area contributed by atoms with Gasteiger partial charge in [0.1, 0.15) is 5.82 Å². The van der Waals surface area contributed by atoms with Crippen LogP contribution < -0.4 is 5.43 Å². The van der Waals surface area contributed by atoms with Gasteiger partial charge in [-0.15, -0.1) is 0 Å². The number of rotatable bonds is 3. The van der Waals surface area contributed by atoms with Gasteiger partial charge < -0.3 is 14.5 Å². The molecule has 1 atom stereocenters. The Balaban J connectivity index is 1.59. The summed E-state index contributed by atoms with van der Waals surface area (Å²) in [6, 6.07) is 9.05. The van der Waals surface area contributed by atoms with Gasteiger partial charge in [0, 0.05) is 54.6 Å². The lowest BCUT2D eigenvalue weighted by Gasteiger charge is -2.33. The van der Waals surface area contributed by atoms with Gasteiger partial charge in [-0.05, 0) is 51.8 Å². The van der Waals surface area contributed by atoms with Gasteiger partial charge in [0.25, 0.3) is 5.91 Å². The molecule has 1 saturated heterocycles. The van der Waals surface area contributed by atoms with Gasteiger partial charge in [-0.3, -0.25) is 9.59 Å². The molecule has 0 aliphatic carbocycles. The fraction of sp³-hybridized carbons (Fsp3) is 0.409. The number of nitrogens with zero attached hydrogens (tertiary/aromatic N) is 3. The van der Waals surface area contributed by atoms with E-state index in [-0.39, 0.29) is 17.3 Å². The molecule has 1 amide bonds. The average Bonchev–Trinajstić information content (AvgIpc) is 3.00. The van der Waals surface area contributed by atoms with E-state index in [4.69, 9.17) is 0 Å². The van der Waals surface area contributed by atoms with Crippen molar-refractivity contribution in [1.29, 1.82) is 0 Å². The van der Waals surface area contributed by atoms with Crippen LogP contribution in [0, 0.1) is 13.8 Å². The number of piperidine rings is 1. The minimum Gasteiger partial charge on any atom is -0.362 e. The van der Waals surface area contributed by atoms with Gasteiger partial charge in [-0.1, -0.05) is 0 Å². The number of carbonyl (C=O) groups excluding carboxylic acids is 1. The summed E-state index contributed by atoms with van der Waals surface area (Å²) in [6.45, 7) is 8.20. The second kappa shape index (κ2) is 7.26. The summed E-state index contributed by atoms with van der Waals surface area (Å²) < 4.78 is 2.15. The van der Waals surface area contributed by atoms with Crippen LogP contribution in [0.2, 0.25) is 0 Å². The normalized spacial score (nSPS) is 17.2. The number of imidazole rings is 1. The van der Waals surface area contributed by atoms with E-state index < -0.39 is 0 Å². The van der Waals surface area contributed by atoms with Crippen molar-refractivity contribution in [3.8, 4) is 0 Å². The highest BCUT2D eigenvalue weighted by molar-refractivity contribution is 5.97. The van der Waals surface area contributed by atoms with Crippen molar-refractivity contribution in [3.05, 3.63) is 63.3 Å². The second-order valence-corrected chi connectivity index (χ2v) is 7.65. The molecule has 0 bridgehead atoms. The van der Waals surface area contributed by atoms with Crippen LogP contribution in [0.25, 0.3) is 11.0 Å². The number of hydrogen-bond donors (Lipinski definition) is 1. The molecule has 6 heteroatoms. The molecule has 1 N–H and O–H groups in total. The molecular weight excluding hydrogens is 352 g/mol. The van der Waals surface area contributed by atoms with Crippen LogP contribution in [0.1, 0.15) is 53.3 Å². The van der Waals surface area contributed by atoms with Crippen LogP contribution >= 0.6 is 0 Å². The summed E-state index contributed by atoms with van der Waals surface area (Å²) in [7, 11) is 0. The van der Waals surface area contributed by atoms with Crippen molar-refractivity contribution >= 4 is 16.9 Å². The Morgan fingerprint density at radius 2 is 2.07 bits per heavy atom. The quantitative estimate of drug-likeness (QED) is 0.759. The van der Waals surface area contributed by atoms with Gasteiger partial charge in [-0.25, -0.2) is 4.98 Å². The Kier molecular flexibility index (Phi) is 4.79. The number of nitrogens with one attached hydrogen (secondary N) is 1. The molecular formula is C22H26N4O2. The van der Waals surface area contributed by atoms with Crippen molar-refractivity contribution in [1.82, 2.24) is 19.4 Å². The van der Waals surface area contributed by atoms with Gasteiger partial charge >= 0.3 is 0 Å². The van der Waals surface area contributed by atoms with E-state index in [0.29, 0.717) is 12.1 Å². The van der Waals surface area contributed by atoms with E-state index in [2.05, 4.69) is 21.5 Å². The van der Waals surface area contributed by atoms with E-state index >= 15 is 0 Å². The van der Waals surface area contributed by atoms with Crippen molar-refractivity contribution in [2.75, 3.05) is 13.1 Å². The monoisotopic (exact) mass is 378 g/mol. The molecule has 3 aromatic rings. The number of aromatic amines is 1. The van der Waals surface area contributed by atoms with E-state index in [9.17, 15) is 9.59 Å². The molecule has 4 rings (SSSR count). The number of aromatic nitrogens is 3. The fourth-order valence-corrected chi connectivity index (χ4v) is 4.31. The van der Waals surface area contributed by atoms with Crippen molar-refractivity contribution in [2.45, 2.75) is 46.1 Å². The second-order valence-electron chi connectivity index (χ2n) is 7.65. The van der Waals surface area contributed by atoms with Crippen LogP contribution in [-0.2, 0) is 6.54 Å². The maximum Gasteiger partial charge on any atom is 0.253 e. The van der Waals surface area contributed by atoms with Crippen LogP contribution in [0.4, 0.5) is 0 Å². The molecule has 1 aliphatic heterocycles. The number of amides is 1. The number of benzene rings is 1. The Labute approximate surface area is 164 Å². The third-order valence-electron chi connectivity index (χ3n) is 5.65. The van der Waals surface area contributed by atoms with E-state index in [1.54, 1.807) is 12.1 Å². The fourth-order valence-electron chi connectivity index (χ4n) is 4.31. The topological polar surface area (TPSA) is 71.0 Å². The highest BCUT2D eigenvalue weighted by Gasteiger charge is 2.26. The number of H-pyrrole nitrogens is 1. The zero-order valence-corrected chi connectivity index (χ0v) is 16.7. The predicted molar refractivity (Wildman–Crippen MR) is 110 cm³/mol. The molecule has 28 heavy (non-hydrogen) atoms. The van der Waals surface area contributed by atoms with E-state index in [0.717, 1.165) is 54.2 Å². The predicted octanol–water partition coefficient (Wildman–Crippen LogP) is 3.38. The van der Waals surface area contributed by atoms with Crippen LogP contribution in [0.5, 0.6) is 0 Å². The van der Waals surface area contributed by atoms with E-state index in [1.807, 2.05) is 36.9 Å². The zero-order valence-electron chi connectivity index (χ0n) is 16.7. The van der Waals surface area contributed by atoms with Crippen molar-refractivity contribution < 1.29 is 4.79 Å². The molecule has 1 unspecified atom stereocenters. The minimum absolute atomic E-state index is 0.0158. The number of aryl methyl sites for hydroxylation is 3. The molecule has 6 nitrogen and oxygen atoms in total. The number of fused-ring (bicyclic) bond motifs is 1. The smallest absolute Gasteiger partial charge is 0.253 e. The van der Waals surface area contributed by atoms with Crippen LogP contribution in [0.3, 0.4) is 0 Å². The first-order valence-electron chi connectivity index (χ1n) is 9.93. The molecule has 2 aromatic heterocycles. The summed E-state index contributed by atoms with van der Waals surface area (Å²) in [5.41, 5.74) is 4.40. The third kappa shape index (κ3) is 3.35. The number of hydrogen-bond acceptors (Lipinski definition) is 3. The molecule has 3 heterocycles. The lowest BCUT2D eigenvalue weighted by atomic mass is 9.93. The SMILES string of the molecule is CCn1c(C)nc2cc(C(=O)N3CCCC(c4cc(=O)cc(C)[nH]4)C3)ccc21. The molecule has 0 spiro atoms. The number of carbonyl (C=O) groups is 1. The molecule has 0 radical (unpaired) electrons. The summed E-state index contributed by atoms with van der Waals surface area (Å²) in [5.74, 6) is 1.16. The summed E-state index contributed by atoms with van der Waals surface area (Å²) in [5, 5.41) is 0. The summed E-state index contributed by atoms with van der Waals surface area (Å²) in [4.78, 5) is 34.8. The highest BCUT2D eigenvalue weighted by Crippen LogP contribution is 2.27. The number of pyridine rings is 1. The largest absolute Gasteiger partial charge is 0.362 e. The molecule has 1 fully saturated rings. The first-order chi connectivity index (χ1) is 13.5. The first-order valence-corrected chi connectivity index (χ1v) is 9.93. The van der Waals surface area contributed by atoms with Gasteiger partial charge in [0.15, 0.2) is 5.43 Å². The lowest BCUT2D eigenvalue weighted by molar-refractivity contribution is 0.0706. The molecule has 146 valence electrons. The minimum atomic E-state index is 0.0158. The van der Waals surface area contributed by atoms with Crippen LogP contribution in [0.15, 0.2) is 35.1 Å². The van der Waals surface area contributed by atoms with Gasteiger partial charge in [-0.2, -0.15) is 0 Å². The van der Waals surface area contributed by atoms with Gasteiger partial charge in [0.2, 0.25) is 0 Å². The summed E-state index contributed by atoms with van der Waals surface area (Å²) >= 11 is 0. The Hall–Kier alpha value is -2.89. The molecule has 1 aliphatic rings. The van der Waals surface area contributed by atoms with E-state index in [1.165, 1.54) is 0 Å². The summed E-state index contributed by atoms with van der Waals surface area (Å²) in [6.07, 6.45) is 1.90. The van der Waals surface area contributed by atoms with Gasteiger partial charge in [0.05, 0.1) is 11.0 Å². The number of likely N-dealkylation sites (tertiary alicyclic amines) is 1. The van der Waals surface area contributed by atoms with Crippen molar-refractivity contribution in [3.63, 3.8) is 0 Å². The highest BCUT2D eigenvalue weighted by atomic mass is 16.2. The zero-order chi connectivity index (χ0) is 19.8. The Bertz CT molecular complexity index is 1100. The van der Waals surface area contributed by atoms with Crippen molar-refractivity contribution in [2.24, 2.45) is 0 Å². The lowest BCUT2D eigenvalue weighted by Crippen LogP contribution is -2.39. The molecule has 0 saturated carbocycles. The van der Waals surface area contributed by atoms with Crippen LogP contribution in [-0.4, -0.2) is 38.4 Å². The molecule has 1 aromatic carbocycles. The maximum atomic E-state index is 13.1. The standard InChI is InChI=1S/C22H26N4O2/c1-4-26-15(3)24-20-11-16(7-8-21(20)26)22(28)25-9-5-6-17(13-25)19-12-18(27)10-14(2)23-19/h7-8,10-12,17H,4-6,9,13H2,1-3H3,(H,23,27). The first kappa shape index (κ1) is 18.5. The Morgan fingerprint density at radius 3 is 2.82 bits per heavy atom. The average molecular weight is 378 g/mol. The third-order valence-corrected chi connectivity index (χ3v) is 5.65. The maximum absolute atomic E-state index is 13.1.